The van der Waals surface area contributed by atoms with Gasteiger partial charge in [-0.3, -0.25) is 0 Å². The van der Waals surface area contributed by atoms with Crippen LogP contribution in [-0.2, 0) is 4.84 Å². The van der Waals surface area contributed by atoms with Gasteiger partial charge in [-0.15, -0.1) is 0 Å². The molecule has 2 nitrogen and oxygen atoms in total. The predicted molar refractivity (Wildman–Crippen MR) is 55.7 cm³/mol. The molecule has 1 fully saturated rings. The molecular formula is C11H20F3NO. The summed E-state index contributed by atoms with van der Waals surface area (Å²) in [7, 11) is 0. The van der Waals surface area contributed by atoms with Gasteiger partial charge in [-0.1, -0.05) is 26.7 Å². The Morgan fingerprint density at radius 3 is 2.44 bits per heavy atom. The van der Waals surface area contributed by atoms with Crippen LogP contribution in [0.25, 0.3) is 0 Å². The molecule has 1 N–H and O–H groups in total. The number of hydrogen-bond donors (Lipinski definition) is 1. The molecule has 0 amide bonds. The Morgan fingerprint density at radius 1 is 1.25 bits per heavy atom. The van der Waals surface area contributed by atoms with Gasteiger partial charge >= 0.3 is 6.18 Å². The SMILES string of the molecule is CC(C)CONC1CCCCC1C(F)(F)F. The van der Waals surface area contributed by atoms with E-state index in [0.29, 0.717) is 25.4 Å². The van der Waals surface area contributed by atoms with Gasteiger partial charge in [0.1, 0.15) is 0 Å². The lowest BCUT2D eigenvalue weighted by atomic mass is 9.84. The van der Waals surface area contributed by atoms with Gasteiger partial charge < -0.3 is 4.84 Å². The minimum absolute atomic E-state index is 0.214. The van der Waals surface area contributed by atoms with Crippen molar-refractivity contribution < 1.29 is 18.0 Å². The van der Waals surface area contributed by atoms with E-state index in [1.807, 2.05) is 13.8 Å². The first kappa shape index (κ1) is 13.8. The molecule has 16 heavy (non-hydrogen) atoms. The third-order valence-corrected chi connectivity index (χ3v) is 2.84. The summed E-state index contributed by atoms with van der Waals surface area (Å²) in [6.45, 7) is 4.37. The Bertz CT molecular complexity index is 206. The maximum atomic E-state index is 12.7. The molecule has 0 radical (unpaired) electrons. The molecule has 1 aliphatic carbocycles. The smallest absolute Gasteiger partial charge is 0.301 e. The Morgan fingerprint density at radius 2 is 1.88 bits per heavy atom. The average Bonchev–Trinajstić information content (AvgIpc) is 2.16. The number of nitrogens with one attached hydrogen (secondary N) is 1. The standard InChI is InChI=1S/C11H20F3NO/c1-8(2)7-16-15-10-6-4-3-5-9(10)11(12,13)14/h8-10,15H,3-7H2,1-2H3. The van der Waals surface area contributed by atoms with E-state index < -0.39 is 18.1 Å². The Hall–Kier alpha value is -0.290. The van der Waals surface area contributed by atoms with Gasteiger partial charge in [0, 0.05) is 6.04 Å². The highest BCUT2D eigenvalue weighted by molar-refractivity contribution is 4.83. The van der Waals surface area contributed by atoms with Crippen LogP contribution in [-0.4, -0.2) is 18.8 Å². The van der Waals surface area contributed by atoms with Crippen molar-refractivity contribution in [3.05, 3.63) is 0 Å². The number of hydrogen-bond acceptors (Lipinski definition) is 2. The summed E-state index contributed by atoms with van der Waals surface area (Å²) in [6, 6.07) is -0.576. The lowest BCUT2D eigenvalue weighted by Crippen LogP contribution is -2.45. The molecule has 1 saturated carbocycles. The molecular weight excluding hydrogens is 219 g/mol. The van der Waals surface area contributed by atoms with Crippen molar-refractivity contribution in [2.24, 2.45) is 11.8 Å². The molecule has 0 aromatic carbocycles. The Kier molecular flexibility index (Phi) is 5.05. The van der Waals surface area contributed by atoms with Gasteiger partial charge in [-0.05, 0) is 18.8 Å². The zero-order valence-corrected chi connectivity index (χ0v) is 9.81. The average molecular weight is 239 g/mol. The van der Waals surface area contributed by atoms with Crippen LogP contribution in [0, 0.1) is 11.8 Å². The van der Waals surface area contributed by atoms with Crippen LogP contribution in [0.2, 0.25) is 0 Å². The Labute approximate surface area is 94.5 Å². The zero-order valence-electron chi connectivity index (χ0n) is 9.81. The molecule has 2 unspecified atom stereocenters. The summed E-state index contributed by atoms with van der Waals surface area (Å²) in [5, 5.41) is 0. The van der Waals surface area contributed by atoms with E-state index >= 15 is 0 Å². The topological polar surface area (TPSA) is 21.3 Å². The van der Waals surface area contributed by atoms with Gasteiger partial charge in [0.2, 0.25) is 0 Å². The molecule has 0 aliphatic heterocycles. The molecule has 96 valence electrons. The predicted octanol–water partition coefficient (Wildman–Crippen LogP) is 3.28. The van der Waals surface area contributed by atoms with Crippen LogP contribution in [0.3, 0.4) is 0 Å². The monoisotopic (exact) mass is 239 g/mol. The van der Waals surface area contributed by atoms with E-state index in [-0.39, 0.29) is 6.42 Å². The lowest BCUT2D eigenvalue weighted by molar-refractivity contribution is -0.200. The largest absolute Gasteiger partial charge is 0.393 e. The molecule has 2 atom stereocenters. The van der Waals surface area contributed by atoms with Gasteiger partial charge in [-0.25, -0.2) is 0 Å². The summed E-state index contributed by atoms with van der Waals surface area (Å²) < 4.78 is 38.0. The maximum Gasteiger partial charge on any atom is 0.393 e. The molecule has 1 aliphatic rings. The van der Waals surface area contributed by atoms with E-state index in [1.165, 1.54) is 0 Å². The van der Waals surface area contributed by atoms with E-state index in [1.54, 1.807) is 0 Å². The van der Waals surface area contributed by atoms with Crippen molar-refractivity contribution in [3.63, 3.8) is 0 Å². The van der Waals surface area contributed by atoms with Crippen molar-refractivity contribution in [1.82, 2.24) is 5.48 Å². The van der Waals surface area contributed by atoms with Crippen molar-refractivity contribution in [1.29, 1.82) is 0 Å². The zero-order chi connectivity index (χ0) is 12.2. The van der Waals surface area contributed by atoms with Gasteiger partial charge in [0.25, 0.3) is 0 Å². The van der Waals surface area contributed by atoms with Crippen LogP contribution < -0.4 is 5.48 Å². The van der Waals surface area contributed by atoms with Crippen LogP contribution in [0.4, 0.5) is 13.2 Å². The van der Waals surface area contributed by atoms with Crippen molar-refractivity contribution >= 4 is 0 Å². The first-order valence-corrected chi connectivity index (χ1v) is 5.85. The summed E-state index contributed by atoms with van der Waals surface area (Å²) in [5.41, 5.74) is 2.59. The third-order valence-electron chi connectivity index (χ3n) is 2.84. The van der Waals surface area contributed by atoms with Gasteiger partial charge in [0.15, 0.2) is 0 Å². The second-order valence-corrected chi connectivity index (χ2v) is 4.86. The summed E-state index contributed by atoms with van der Waals surface area (Å²) in [4.78, 5) is 5.11. The van der Waals surface area contributed by atoms with Crippen molar-refractivity contribution in [2.75, 3.05) is 6.61 Å². The fraction of sp³-hybridized carbons (Fsp3) is 1.00. The van der Waals surface area contributed by atoms with E-state index in [4.69, 9.17) is 4.84 Å². The number of rotatable bonds is 4. The van der Waals surface area contributed by atoms with Crippen LogP contribution in [0.5, 0.6) is 0 Å². The number of alkyl halides is 3. The highest BCUT2D eigenvalue weighted by atomic mass is 19.4. The first-order valence-electron chi connectivity index (χ1n) is 5.85. The highest BCUT2D eigenvalue weighted by Crippen LogP contribution is 2.37. The fourth-order valence-electron chi connectivity index (χ4n) is 1.99. The summed E-state index contributed by atoms with van der Waals surface area (Å²) >= 11 is 0. The van der Waals surface area contributed by atoms with Gasteiger partial charge in [-0.2, -0.15) is 18.7 Å². The molecule has 0 spiro atoms. The van der Waals surface area contributed by atoms with Crippen LogP contribution in [0.1, 0.15) is 39.5 Å². The molecule has 0 bridgehead atoms. The minimum Gasteiger partial charge on any atom is -0.301 e. The fourth-order valence-corrected chi connectivity index (χ4v) is 1.99. The quantitative estimate of drug-likeness (QED) is 0.760. The number of hydroxylamine groups is 1. The van der Waals surface area contributed by atoms with Crippen molar-refractivity contribution in [2.45, 2.75) is 51.7 Å². The second-order valence-electron chi connectivity index (χ2n) is 4.86. The van der Waals surface area contributed by atoms with Gasteiger partial charge in [0.05, 0.1) is 12.5 Å². The van der Waals surface area contributed by atoms with E-state index in [9.17, 15) is 13.2 Å². The minimum atomic E-state index is -4.11. The maximum absolute atomic E-state index is 12.7. The third kappa shape index (κ3) is 4.29. The molecule has 5 heteroatoms. The summed E-state index contributed by atoms with van der Waals surface area (Å²) in [6.07, 6.45) is -1.85. The summed E-state index contributed by atoms with van der Waals surface area (Å²) in [5.74, 6) is -0.936. The molecule has 0 heterocycles. The van der Waals surface area contributed by atoms with Crippen molar-refractivity contribution in [3.8, 4) is 0 Å². The lowest BCUT2D eigenvalue weighted by Gasteiger charge is -2.33. The molecule has 0 aromatic rings. The van der Waals surface area contributed by atoms with Crippen LogP contribution >= 0.6 is 0 Å². The second kappa shape index (κ2) is 5.87. The normalized spacial score (nSPS) is 27.4. The molecule has 0 saturated heterocycles. The first-order chi connectivity index (χ1) is 7.41. The number of halogens is 3. The van der Waals surface area contributed by atoms with Crippen LogP contribution in [0.15, 0.2) is 0 Å². The molecule has 0 aromatic heterocycles. The Balaban J connectivity index is 2.41. The molecule has 1 rings (SSSR count). The highest BCUT2D eigenvalue weighted by Gasteiger charge is 2.45. The van der Waals surface area contributed by atoms with E-state index in [2.05, 4.69) is 5.48 Å². The van der Waals surface area contributed by atoms with E-state index in [0.717, 1.165) is 6.42 Å².